The molecule has 0 aromatic carbocycles. The van der Waals surface area contributed by atoms with Gasteiger partial charge in [-0.25, -0.2) is 14.8 Å². The first-order chi connectivity index (χ1) is 18.5. The third-order valence-electron chi connectivity index (χ3n) is 7.73. The van der Waals surface area contributed by atoms with Gasteiger partial charge in [-0.2, -0.15) is 4.98 Å². The first-order valence-electron chi connectivity index (χ1n) is 13.9. The molecule has 0 radical (unpaired) electrons. The molecule has 2 amide bonds. The number of nitrogens with one attached hydrogen (secondary N) is 4. The van der Waals surface area contributed by atoms with Gasteiger partial charge in [-0.05, 0) is 70.8 Å². The maximum absolute atomic E-state index is 12.1. The molecule has 0 saturated heterocycles. The molecule has 3 aliphatic rings. The number of amides is 2. The van der Waals surface area contributed by atoms with Crippen molar-refractivity contribution in [1.82, 2.24) is 30.6 Å². The van der Waals surface area contributed by atoms with Crippen molar-refractivity contribution in [3.05, 3.63) is 36.3 Å². The standard InChI is InChI=1S/C28H36N8OS/c1-4-20(16-6-7-16)34-27-31-15(3)22(26-35-24-21(38-26)12-13-30-23(24)17-8-9-17)25(36-27)32-18-10-11-19(14-18)33-28(37)29-5-2/h4,12-13,16-20H,1,5-11,14H2,2-3H3,(H2,29,33,37)(H2,31,32,34,36)/t18-,19+,20+/m0/s1. The molecular weight excluding hydrogens is 496 g/mol. The highest BCUT2D eigenvalue weighted by Gasteiger charge is 2.32. The van der Waals surface area contributed by atoms with Gasteiger partial charge < -0.3 is 21.3 Å². The van der Waals surface area contributed by atoms with Crippen LogP contribution in [-0.4, -0.2) is 50.6 Å². The minimum Gasteiger partial charge on any atom is -0.366 e. The van der Waals surface area contributed by atoms with Crippen molar-refractivity contribution in [3.8, 4) is 10.6 Å². The van der Waals surface area contributed by atoms with Crippen LogP contribution in [0.15, 0.2) is 24.9 Å². The Hall–Kier alpha value is -3.27. The van der Waals surface area contributed by atoms with Gasteiger partial charge in [-0.3, -0.25) is 4.98 Å². The number of thiazole rings is 1. The predicted molar refractivity (Wildman–Crippen MR) is 153 cm³/mol. The second kappa shape index (κ2) is 10.5. The molecule has 10 heteroatoms. The smallest absolute Gasteiger partial charge is 0.314 e. The third kappa shape index (κ3) is 5.32. The largest absolute Gasteiger partial charge is 0.366 e. The molecule has 3 aromatic heterocycles. The van der Waals surface area contributed by atoms with Gasteiger partial charge in [0.15, 0.2) is 0 Å². The Balaban J connectivity index is 1.32. The van der Waals surface area contributed by atoms with E-state index in [2.05, 4.69) is 38.9 Å². The number of hydrogen-bond acceptors (Lipinski definition) is 8. The van der Waals surface area contributed by atoms with E-state index in [4.69, 9.17) is 15.0 Å². The average Bonchev–Trinajstić information content (AvgIpc) is 3.82. The molecule has 200 valence electrons. The van der Waals surface area contributed by atoms with E-state index in [0.29, 0.717) is 24.3 Å². The predicted octanol–water partition coefficient (Wildman–Crippen LogP) is 5.36. The molecule has 0 bridgehead atoms. The van der Waals surface area contributed by atoms with Crippen molar-refractivity contribution in [3.63, 3.8) is 0 Å². The van der Waals surface area contributed by atoms with Gasteiger partial charge in [0.05, 0.1) is 21.7 Å². The lowest BCUT2D eigenvalue weighted by Crippen LogP contribution is -2.41. The van der Waals surface area contributed by atoms with Gasteiger partial charge in [-0.1, -0.05) is 6.08 Å². The van der Waals surface area contributed by atoms with Crippen LogP contribution in [0.1, 0.15) is 69.2 Å². The Bertz CT molecular complexity index is 1350. The number of anilines is 2. The molecule has 0 spiro atoms. The molecule has 3 atom stereocenters. The minimum atomic E-state index is -0.103. The van der Waals surface area contributed by atoms with Crippen molar-refractivity contribution >= 4 is 39.4 Å². The van der Waals surface area contributed by atoms with E-state index in [1.807, 2.05) is 26.1 Å². The maximum atomic E-state index is 12.1. The van der Waals surface area contributed by atoms with E-state index in [0.717, 1.165) is 57.3 Å². The summed E-state index contributed by atoms with van der Waals surface area (Å²) in [4.78, 5) is 31.7. The van der Waals surface area contributed by atoms with Crippen molar-refractivity contribution in [1.29, 1.82) is 0 Å². The molecule has 6 rings (SSSR count). The van der Waals surface area contributed by atoms with Crippen LogP contribution >= 0.6 is 11.3 Å². The number of urea groups is 1. The van der Waals surface area contributed by atoms with Crippen LogP contribution < -0.4 is 21.3 Å². The van der Waals surface area contributed by atoms with Crippen LogP contribution in [0.2, 0.25) is 0 Å². The number of nitrogens with zero attached hydrogens (tertiary/aromatic N) is 4. The van der Waals surface area contributed by atoms with Crippen molar-refractivity contribution in [2.75, 3.05) is 17.2 Å². The molecule has 0 aliphatic heterocycles. The Morgan fingerprint density at radius 1 is 1.16 bits per heavy atom. The number of aromatic nitrogens is 4. The number of rotatable bonds is 10. The van der Waals surface area contributed by atoms with Gasteiger partial charge in [0.25, 0.3) is 0 Å². The Morgan fingerprint density at radius 2 is 1.97 bits per heavy atom. The summed E-state index contributed by atoms with van der Waals surface area (Å²) in [5.74, 6) is 2.53. The van der Waals surface area contributed by atoms with Crippen molar-refractivity contribution in [2.24, 2.45) is 5.92 Å². The molecule has 3 aromatic rings. The van der Waals surface area contributed by atoms with E-state index in [1.165, 1.54) is 25.7 Å². The van der Waals surface area contributed by atoms with Crippen molar-refractivity contribution < 1.29 is 4.79 Å². The normalized spacial score (nSPS) is 21.7. The lowest BCUT2D eigenvalue weighted by atomic mass is 10.1. The Labute approximate surface area is 227 Å². The molecule has 0 unspecified atom stereocenters. The molecule has 3 saturated carbocycles. The van der Waals surface area contributed by atoms with E-state index in [1.54, 1.807) is 11.3 Å². The molecular formula is C28H36N8OS. The minimum absolute atomic E-state index is 0.103. The van der Waals surface area contributed by atoms with Gasteiger partial charge >= 0.3 is 6.03 Å². The van der Waals surface area contributed by atoms with E-state index >= 15 is 0 Å². The summed E-state index contributed by atoms with van der Waals surface area (Å²) in [5.41, 5.74) is 3.96. The quantitative estimate of drug-likeness (QED) is 0.260. The van der Waals surface area contributed by atoms with Gasteiger partial charge in [0, 0.05) is 36.8 Å². The average molecular weight is 533 g/mol. The van der Waals surface area contributed by atoms with E-state index in [-0.39, 0.29) is 24.2 Å². The van der Waals surface area contributed by atoms with Crippen molar-refractivity contribution in [2.45, 2.75) is 82.8 Å². The molecule has 3 aliphatic carbocycles. The second-order valence-electron chi connectivity index (χ2n) is 10.8. The number of carbonyl (C=O) groups is 1. The summed E-state index contributed by atoms with van der Waals surface area (Å²) in [5, 5.41) is 14.1. The summed E-state index contributed by atoms with van der Waals surface area (Å²) in [6.45, 7) is 8.60. The lowest BCUT2D eigenvalue weighted by molar-refractivity contribution is 0.237. The van der Waals surface area contributed by atoms with Crippen LogP contribution in [0.5, 0.6) is 0 Å². The lowest BCUT2D eigenvalue weighted by Gasteiger charge is -2.20. The molecule has 38 heavy (non-hydrogen) atoms. The SMILES string of the molecule is C=C[C@@H](Nc1nc(C)c(-c2nc3c(C4CC4)nccc3s2)c(N[C@H]2CC[C@@H](NC(=O)NCC)C2)n1)C1CC1. The highest BCUT2D eigenvalue weighted by Crippen LogP contribution is 2.44. The summed E-state index contributed by atoms with van der Waals surface area (Å²) in [6.07, 6.45) is 11.4. The zero-order valence-electron chi connectivity index (χ0n) is 22.1. The van der Waals surface area contributed by atoms with Gasteiger partial charge in [0.1, 0.15) is 16.3 Å². The summed E-state index contributed by atoms with van der Waals surface area (Å²) >= 11 is 1.68. The molecule has 3 fully saturated rings. The number of carbonyl (C=O) groups excluding carboxylic acids is 1. The number of hydrogen-bond donors (Lipinski definition) is 4. The highest BCUT2D eigenvalue weighted by molar-refractivity contribution is 7.21. The number of aryl methyl sites for hydroxylation is 1. The zero-order valence-corrected chi connectivity index (χ0v) is 22.9. The zero-order chi connectivity index (χ0) is 26.2. The van der Waals surface area contributed by atoms with Crippen LogP contribution in [0.3, 0.4) is 0 Å². The Morgan fingerprint density at radius 3 is 2.71 bits per heavy atom. The van der Waals surface area contributed by atoms with Gasteiger partial charge in [-0.15, -0.1) is 17.9 Å². The van der Waals surface area contributed by atoms with E-state index < -0.39 is 0 Å². The fraction of sp³-hybridized carbons (Fsp3) is 0.536. The summed E-state index contributed by atoms with van der Waals surface area (Å²) in [7, 11) is 0. The van der Waals surface area contributed by atoms with E-state index in [9.17, 15) is 4.79 Å². The summed E-state index contributed by atoms with van der Waals surface area (Å²) in [6, 6.07) is 2.45. The third-order valence-corrected chi connectivity index (χ3v) is 8.77. The van der Waals surface area contributed by atoms with Crippen LogP contribution in [0.4, 0.5) is 16.6 Å². The second-order valence-corrected chi connectivity index (χ2v) is 11.8. The monoisotopic (exact) mass is 532 g/mol. The number of pyridine rings is 1. The first-order valence-corrected chi connectivity index (χ1v) is 14.7. The number of fused-ring (bicyclic) bond motifs is 1. The van der Waals surface area contributed by atoms with Crippen LogP contribution in [-0.2, 0) is 0 Å². The Kier molecular flexibility index (Phi) is 6.90. The topological polar surface area (TPSA) is 117 Å². The van der Waals surface area contributed by atoms with Gasteiger partial charge in [0.2, 0.25) is 5.95 Å². The molecule has 3 heterocycles. The fourth-order valence-corrected chi connectivity index (χ4v) is 6.51. The maximum Gasteiger partial charge on any atom is 0.314 e. The summed E-state index contributed by atoms with van der Waals surface area (Å²) < 4.78 is 1.15. The molecule has 4 N–H and O–H groups in total. The first kappa shape index (κ1) is 25.0. The van der Waals surface area contributed by atoms with Crippen LogP contribution in [0.25, 0.3) is 20.8 Å². The van der Waals surface area contributed by atoms with Crippen LogP contribution in [0, 0.1) is 12.8 Å². The molecule has 9 nitrogen and oxygen atoms in total. The highest BCUT2D eigenvalue weighted by atomic mass is 32.1. The fourth-order valence-electron chi connectivity index (χ4n) is 5.44.